The van der Waals surface area contributed by atoms with Crippen molar-refractivity contribution in [2.24, 2.45) is 14.1 Å². The van der Waals surface area contributed by atoms with Crippen LogP contribution < -0.4 is 11.2 Å². The molecule has 0 unspecified atom stereocenters. The van der Waals surface area contributed by atoms with Crippen LogP contribution in [0.15, 0.2) is 39.0 Å². The van der Waals surface area contributed by atoms with Crippen LogP contribution in [-0.2, 0) is 25.4 Å². The highest BCUT2D eigenvalue weighted by atomic mass is 35.5. The second kappa shape index (κ2) is 7.36. The van der Waals surface area contributed by atoms with E-state index in [1.165, 1.54) is 30.3 Å². The van der Waals surface area contributed by atoms with Gasteiger partial charge in [0.05, 0.1) is 11.8 Å². The number of aromatic nitrogens is 4. The summed E-state index contributed by atoms with van der Waals surface area (Å²) in [6.45, 7) is 3.59. The van der Waals surface area contributed by atoms with Crippen molar-refractivity contribution in [3.8, 4) is 0 Å². The van der Waals surface area contributed by atoms with Gasteiger partial charge in [-0.2, -0.15) is 0 Å². The van der Waals surface area contributed by atoms with E-state index >= 15 is 0 Å². The lowest BCUT2D eigenvalue weighted by Crippen LogP contribution is -2.37. The molecule has 27 heavy (non-hydrogen) atoms. The molecule has 0 amide bonds. The minimum Gasteiger partial charge on any atom is -0.309 e. The Morgan fingerprint density at radius 1 is 1.22 bits per heavy atom. The standard InChI is InChI=1S/C18H19ClN4O3S/c1-10(24)11(2)27-17-20-15-14(16(25)22(4)18(26)21(15)3)23(17)9-12-7-5-6-8-13(12)19/h5-8,11H,9H2,1-4H3/t11-/m1/s1. The van der Waals surface area contributed by atoms with Crippen LogP contribution in [0.4, 0.5) is 0 Å². The van der Waals surface area contributed by atoms with E-state index in [-0.39, 0.29) is 16.7 Å². The molecule has 1 atom stereocenters. The SMILES string of the molecule is CC(=O)[C@@H](C)Sc1nc2c(c(=O)n(C)c(=O)n2C)n1Cc1ccccc1Cl. The molecule has 142 valence electrons. The molecule has 2 heterocycles. The van der Waals surface area contributed by atoms with Gasteiger partial charge in [-0.25, -0.2) is 9.78 Å². The molecular weight excluding hydrogens is 388 g/mol. The lowest BCUT2D eigenvalue weighted by atomic mass is 10.2. The highest BCUT2D eigenvalue weighted by Crippen LogP contribution is 2.28. The van der Waals surface area contributed by atoms with Gasteiger partial charge in [0.25, 0.3) is 5.56 Å². The summed E-state index contributed by atoms with van der Waals surface area (Å²) in [4.78, 5) is 41.3. The number of hydrogen-bond acceptors (Lipinski definition) is 5. The molecule has 0 radical (unpaired) electrons. The Labute approximate surface area is 164 Å². The van der Waals surface area contributed by atoms with E-state index < -0.39 is 11.2 Å². The van der Waals surface area contributed by atoms with Crippen molar-refractivity contribution in [3.63, 3.8) is 0 Å². The molecule has 0 aliphatic rings. The fraction of sp³-hybridized carbons (Fsp3) is 0.333. The molecule has 0 saturated carbocycles. The number of imidazole rings is 1. The third kappa shape index (κ3) is 3.46. The Balaban J connectivity index is 2.30. The van der Waals surface area contributed by atoms with E-state index in [0.717, 1.165) is 10.1 Å². The first-order valence-corrected chi connectivity index (χ1v) is 9.55. The summed E-state index contributed by atoms with van der Waals surface area (Å²) in [5.41, 5.74) is 0.513. The maximum atomic E-state index is 12.8. The average Bonchev–Trinajstić information content (AvgIpc) is 2.98. The molecule has 2 aromatic heterocycles. The number of fused-ring (bicyclic) bond motifs is 1. The summed E-state index contributed by atoms with van der Waals surface area (Å²) in [5.74, 6) is -0.00172. The van der Waals surface area contributed by atoms with Gasteiger partial charge in [-0.05, 0) is 25.5 Å². The molecule has 3 aromatic rings. The molecule has 0 bridgehead atoms. The van der Waals surface area contributed by atoms with Gasteiger partial charge in [-0.1, -0.05) is 41.6 Å². The minimum atomic E-state index is -0.453. The zero-order chi connectivity index (χ0) is 19.9. The van der Waals surface area contributed by atoms with Gasteiger partial charge in [-0.3, -0.25) is 18.7 Å². The molecule has 0 aliphatic heterocycles. The Morgan fingerprint density at radius 2 is 1.89 bits per heavy atom. The van der Waals surface area contributed by atoms with E-state index in [4.69, 9.17) is 11.6 Å². The van der Waals surface area contributed by atoms with E-state index in [9.17, 15) is 14.4 Å². The van der Waals surface area contributed by atoms with Gasteiger partial charge in [0, 0.05) is 19.1 Å². The zero-order valence-corrected chi connectivity index (χ0v) is 17.0. The summed E-state index contributed by atoms with van der Waals surface area (Å²) >= 11 is 7.55. The van der Waals surface area contributed by atoms with Gasteiger partial charge in [-0.15, -0.1) is 0 Å². The average molecular weight is 407 g/mol. The molecular formula is C18H19ClN4O3S. The van der Waals surface area contributed by atoms with Crippen molar-refractivity contribution in [1.82, 2.24) is 18.7 Å². The fourth-order valence-electron chi connectivity index (χ4n) is 2.70. The van der Waals surface area contributed by atoms with Gasteiger partial charge in [0.2, 0.25) is 0 Å². The van der Waals surface area contributed by atoms with E-state index in [1.807, 2.05) is 18.2 Å². The molecule has 0 saturated heterocycles. The molecule has 0 fully saturated rings. The number of Topliss-reactive ketones (excluding diaryl/α,β-unsaturated/α-hetero) is 1. The largest absolute Gasteiger partial charge is 0.332 e. The number of carbonyl (C=O) groups excluding carboxylic acids is 1. The predicted molar refractivity (Wildman–Crippen MR) is 107 cm³/mol. The van der Waals surface area contributed by atoms with Crippen LogP contribution in [0.5, 0.6) is 0 Å². The molecule has 0 spiro atoms. The number of rotatable bonds is 5. The summed E-state index contributed by atoms with van der Waals surface area (Å²) in [5, 5.41) is 0.718. The van der Waals surface area contributed by atoms with Gasteiger partial charge in [0.1, 0.15) is 5.78 Å². The number of nitrogens with zero attached hydrogens (tertiary/aromatic N) is 4. The number of hydrogen-bond donors (Lipinski definition) is 0. The third-order valence-corrected chi connectivity index (χ3v) is 6.03. The number of aryl methyl sites for hydroxylation is 1. The van der Waals surface area contributed by atoms with E-state index in [2.05, 4.69) is 4.98 Å². The van der Waals surface area contributed by atoms with Crippen molar-refractivity contribution >= 4 is 40.3 Å². The van der Waals surface area contributed by atoms with Crippen LogP contribution in [-0.4, -0.2) is 29.7 Å². The van der Waals surface area contributed by atoms with Crippen LogP contribution in [0.1, 0.15) is 19.4 Å². The van der Waals surface area contributed by atoms with Crippen LogP contribution >= 0.6 is 23.4 Å². The second-order valence-corrected chi connectivity index (χ2v) is 8.04. The van der Waals surface area contributed by atoms with Gasteiger partial charge < -0.3 is 4.57 Å². The number of thioether (sulfide) groups is 1. The Morgan fingerprint density at radius 3 is 2.52 bits per heavy atom. The first-order chi connectivity index (χ1) is 12.7. The van der Waals surface area contributed by atoms with Crippen LogP contribution in [0.3, 0.4) is 0 Å². The highest BCUT2D eigenvalue weighted by Gasteiger charge is 2.22. The van der Waals surface area contributed by atoms with Gasteiger partial charge in [0.15, 0.2) is 16.3 Å². The van der Waals surface area contributed by atoms with Crippen molar-refractivity contribution in [2.45, 2.75) is 30.8 Å². The molecule has 1 aromatic carbocycles. The van der Waals surface area contributed by atoms with E-state index in [1.54, 1.807) is 24.6 Å². The Bertz CT molecular complexity index is 1160. The monoisotopic (exact) mass is 406 g/mol. The third-order valence-electron chi connectivity index (χ3n) is 4.45. The van der Waals surface area contributed by atoms with Crippen LogP contribution in [0.2, 0.25) is 5.02 Å². The maximum Gasteiger partial charge on any atom is 0.332 e. The second-order valence-electron chi connectivity index (χ2n) is 6.32. The van der Waals surface area contributed by atoms with E-state index in [0.29, 0.717) is 22.2 Å². The highest BCUT2D eigenvalue weighted by molar-refractivity contribution is 8.00. The van der Waals surface area contributed by atoms with Crippen LogP contribution in [0.25, 0.3) is 11.2 Å². The van der Waals surface area contributed by atoms with Crippen LogP contribution in [0, 0.1) is 0 Å². The lowest BCUT2D eigenvalue weighted by Gasteiger charge is -2.12. The van der Waals surface area contributed by atoms with Crippen molar-refractivity contribution < 1.29 is 4.79 Å². The molecule has 3 rings (SSSR count). The smallest absolute Gasteiger partial charge is 0.309 e. The Hall–Kier alpha value is -2.32. The maximum absolute atomic E-state index is 12.8. The van der Waals surface area contributed by atoms with Crippen molar-refractivity contribution in [3.05, 3.63) is 55.7 Å². The first kappa shape index (κ1) is 19.4. The Kier molecular flexibility index (Phi) is 5.30. The fourth-order valence-corrected chi connectivity index (χ4v) is 3.80. The van der Waals surface area contributed by atoms with Crippen molar-refractivity contribution in [2.75, 3.05) is 0 Å². The number of halogens is 1. The minimum absolute atomic E-state index is 0.00172. The summed E-state index contributed by atoms with van der Waals surface area (Å²) in [6, 6.07) is 7.33. The quantitative estimate of drug-likeness (QED) is 0.607. The first-order valence-electron chi connectivity index (χ1n) is 8.29. The summed E-state index contributed by atoms with van der Waals surface area (Å²) < 4.78 is 4.11. The molecule has 9 heteroatoms. The van der Waals surface area contributed by atoms with Gasteiger partial charge >= 0.3 is 5.69 Å². The van der Waals surface area contributed by atoms with Crippen molar-refractivity contribution in [1.29, 1.82) is 0 Å². The summed E-state index contributed by atoms with van der Waals surface area (Å²) in [6.07, 6.45) is 0. The molecule has 0 N–H and O–H groups in total. The topological polar surface area (TPSA) is 78.9 Å². The predicted octanol–water partition coefficient (Wildman–Crippen LogP) is 2.20. The normalized spacial score (nSPS) is 12.5. The molecule has 0 aliphatic carbocycles. The molecule has 7 nitrogen and oxygen atoms in total. The number of benzene rings is 1. The number of carbonyl (C=O) groups is 1. The lowest BCUT2D eigenvalue weighted by molar-refractivity contribution is -0.116. The summed E-state index contributed by atoms with van der Waals surface area (Å²) in [7, 11) is 3.00. The number of ketones is 1. The zero-order valence-electron chi connectivity index (χ0n) is 15.4.